The molecule has 0 atom stereocenters. The van der Waals surface area contributed by atoms with Gasteiger partial charge in [-0.2, -0.15) is 0 Å². The summed E-state index contributed by atoms with van der Waals surface area (Å²) in [6.07, 6.45) is 2.04. The van der Waals surface area contributed by atoms with Gasteiger partial charge in [-0.05, 0) is 62.2 Å². The quantitative estimate of drug-likeness (QED) is 0.706. The number of benzene rings is 1. The summed E-state index contributed by atoms with van der Waals surface area (Å²) in [5.41, 5.74) is 0.520. The number of rotatable bonds is 5. The maximum absolute atomic E-state index is 10.9. The number of ether oxygens (including phenoxy) is 1. The molecule has 1 N–H and O–H groups in total. The second-order valence-electron chi connectivity index (χ2n) is 5.59. The van der Waals surface area contributed by atoms with Crippen molar-refractivity contribution in [2.75, 3.05) is 6.61 Å². The number of carboxylic acid groups (broad SMARTS) is 1. The Bertz CT molecular complexity index is 441. The summed E-state index contributed by atoms with van der Waals surface area (Å²) in [7, 11) is 0. The monoisotopic (exact) mass is 392 g/mol. The van der Waals surface area contributed by atoms with E-state index in [1.165, 1.54) is 0 Å². The van der Waals surface area contributed by atoms with Crippen molar-refractivity contribution in [1.82, 2.24) is 0 Å². The highest BCUT2D eigenvalue weighted by atomic mass is 79.9. The third kappa shape index (κ3) is 5.53. The molecule has 1 aromatic rings. The first kappa shape index (κ1) is 16.5. The second-order valence-corrected chi connectivity index (χ2v) is 7.30. The van der Waals surface area contributed by atoms with E-state index in [1.54, 1.807) is 12.1 Å². The van der Waals surface area contributed by atoms with Crippen LogP contribution in [0.2, 0.25) is 0 Å². The molecule has 106 valence electrons. The third-order valence-corrected chi connectivity index (χ3v) is 3.74. The summed E-state index contributed by atoms with van der Waals surface area (Å²) in [4.78, 5) is 10.9. The van der Waals surface area contributed by atoms with E-state index in [4.69, 9.17) is 9.84 Å². The van der Waals surface area contributed by atoms with Crippen molar-refractivity contribution in [1.29, 1.82) is 0 Å². The number of hydrogen-bond donors (Lipinski definition) is 1. The highest BCUT2D eigenvalue weighted by Gasteiger charge is 2.14. The molecule has 1 aromatic carbocycles. The molecule has 0 spiro atoms. The Morgan fingerprint density at radius 2 is 1.79 bits per heavy atom. The zero-order chi connectivity index (χ0) is 14.6. The van der Waals surface area contributed by atoms with E-state index in [-0.39, 0.29) is 5.56 Å². The molecule has 0 unspecified atom stereocenters. The molecule has 3 nitrogen and oxygen atoms in total. The molecule has 0 aliphatic carbocycles. The number of aromatic carboxylic acids is 1. The lowest BCUT2D eigenvalue weighted by Gasteiger charge is -2.18. The van der Waals surface area contributed by atoms with Gasteiger partial charge >= 0.3 is 5.97 Å². The van der Waals surface area contributed by atoms with Gasteiger partial charge in [-0.3, -0.25) is 0 Å². The molecule has 19 heavy (non-hydrogen) atoms. The van der Waals surface area contributed by atoms with Crippen molar-refractivity contribution in [3.05, 3.63) is 26.6 Å². The maximum atomic E-state index is 10.9. The Morgan fingerprint density at radius 3 is 2.21 bits per heavy atom. The van der Waals surface area contributed by atoms with Crippen LogP contribution in [0.5, 0.6) is 5.75 Å². The smallest absolute Gasteiger partial charge is 0.335 e. The molecule has 0 saturated heterocycles. The molecule has 0 aromatic heterocycles. The van der Waals surface area contributed by atoms with E-state index in [0.29, 0.717) is 26.7 Å². The summed E-state index contributed by atoms with van der Waals surface area (Å²) >= 11 is 6.68. The highest BCUT2D eigenvalue weighted by molar-refractivity contribution is 9.11. The number of hydrogen-bond acceptors (Lipinski definition) is 2. The Morgan fingerprint density at radius 1 is 1.26 bits per heavy atom. The predicted molar refractivity (Wildman–Crippen MR) is 83.0 cm³/mol. The molecule has 0 saturated carbocycles. The van der Waals surface area contributed by atoms with Gasteiger partial charge in [0.05, 0.1) is 21.1 Å². The zero-order valence-electron chi connectivity index (χ0n) is 11.3. The molecular weight excluding hydrogens is 376 g/mol. The molecule has 0 heterocycles. The van der Waals surface area contributed by atoms with Crippen LogP contribution in [0.4, 0.5) is 0 Å². The maximum Gasteiger partial charge on any atom is 0.335 e. The number of carbonyl (C=O) groups is 1. The van der Waals surface area contributed by atoms with Gasteiger partial charge in [-0.1, -0.05) is 20.8 Å². The van der Waals surface area contributed by atoms with Crippen LogP contribution in [0.25, 0.3) is 0 Å². The lowest BCUT2D eigenvalue weighted by Crippen LogP contribution is -2.08. The first-order valence-electron chi connectivity index (χ1n) is 6.06. The van der Waals surface area contributed by atoms with Crippen molar-refractivity contribution in [3.8, 4) is 5.75 Å². The lowest BCUT2D eigenvalue weighted by atomic mass is 9.91. The summed E-state index contributed by atoms with van der Waals surface area (Å²) in [6, 6.07) is 3.10. The summed E-state index contributed by atoms with van der Waals surface area (Å²) < 4.78 is 7.01. The lowest BCUT2D eigenvalue weighted by molar-refractivity contribution is 0.0696. The van der Waals surface area contributed by atoms with Crippen LogP contribution >= 0.6 is 31.9 Å². The largest absolute Gasteiger partial charge is 0.491 e. The standard InChI is InChI=1S/C14H18Br2O3/c1-14(2,3)5-4-6-19-12-10(15)7-9(13(17)18)8-11(12)16/h7-8H,4-6H2,1-3H3,(H,17,18). The van der Waals surface area contributed by atoms with E-state index in [0.717, 1.165) is 12.8 Å². The average molecular weight is 394 g/mol. The molecule has 0 aliphatic rings. The van der Waals surface area contributed by atoms with E-state index >= 15 is 0 Å². The normalized spacial score (nSPS) is 11.4. The fraction of sp³-hybridized carbons (Fsp3) is 0.500. The molecular formula is C14H18Br2O3. The number of halogens is 2. The first-order valence-corrected chi connectivity index (χ1v) is 7.64. The first-order chi connectivity index (χ1) is 8.70. The second kappa shape index (κ2) is 6.75. The molecule has 0 bridgehead atoms. The molecule has 5 heteroatoms. The van der Waals surface area contributed by atoms with Gasteiger partial charge < -0.3 is 9.84 Å². The van der Waals surface area contributed by atoms with Crippen LogP contribution in [-0.4, -0.2) is 17.7 Å². The molecule has 0 fully saturated rings. The Kier molecular flexibility index (Phi) is 5.86. The molecule has 1 rings (SSSR count). The van der Waals surface area contributed by atoms with E-state index in [1.807, 2.05) is 0 Å². The van der Waals surface area contributed by atoms with Crippen molar-refractivity contribution in [2.24, 2.45) is 5.41 Å². The summed E-state index contributed by atoms with van der Waals surface area (Å²) in [5.74, 6) is -0.306. The Hall–Kier alpha value is -0.550. The van der Waals surface area contributed by atoms with Crippen LogP contribution < -0.4 is 4.74 Å². The fourth-order valence-corrected chi connectivity index (χ4v) is 3.01. The molecule has 0 aliphatic heterocycles. The Labute approximate surface area is 130 Å². The third-order valence-electron chi connectivity index (χ3n) is 2.56. The van der Waals surface area contributed by atoms with Crippen molar-refractivity contribution in [3.63, 3.8) is 0 Å². The minimum Gasteiger partial charge on any atom is -0.491 e. The predicted octanol–water partition coefficient (Wildman–Crippen LogP) is 5.11. The van der Waals surface area contributed by atoms with Gasteiger partial charge in [0.15, 0.2) is 0 Å². The van der Waals surface area contributed by atoms with Crippen molar-refractivity contribution < 1.29 is 14.6 Å². The minimum atomic E-state index is -0.958. The Balaban J connectivity index is 2.67. The van der Waals surface area contributed by atoms with Crippen molar-refractivity contribution in [2.45, 2.75) is 33.6 Å². The summed E-state index contributed by atoms with van der Waals surface area (Å²) in [6.45, 7) is 7.20. The molecule has 0 radical (unpaired) electrons. The van der Waals surface area contributed by atoms with E-state index in [2.05, 4.69) is 52.6 Å². The SMILES string of the molecule is CC(C)(C)CCCOc1c(Br)cc(C(=O)O)cc1Br. The van der Waals surface area contributed by atoms with Gasteiger partial charge in [0.1, 0.15) is 5.75 Å². The zero-order valence-corrected chi connectivity index (χ0v) is 14.5. The van der Waals surface area contributed by atoms with Crippen LogP contribution in [0.1, 0.15) is 44.0 Å². The van der Waals surface area contributed by atoms with Gasteiger partial charge in [0.2, 0.25) is 0 Å². The van der Waals surface area contributed by atoms with Gasteiger partial charge in [-0.25, -0.2) is 4.79 Å². The number of carboxylic acids is 1. The fourth-order valence-electron chi connectivity index (χ4n) is 1.60. The van der Waals surface area contributed by atoms with Crippen LogP contribution in [0.3, 0.4) is 0 Å². The topological polar surface area (TPSA) is 46.5 Å². The van der Waals surface area contributed by atoms with E-state index < -0.39 is 5.97 Å². The van der Waals surface area contributed by atoms with Gasteiger partial charge in [0.25, 0.3) is 0 Å². The van der Waals surface area contributed by atoms with Gasteiger partial charge in [0, 0.05) is 0 Å². The van der Waals surface area contributed by atoms with Crippen LogP contribution in [-0.2, 0) is 0 Å². The van der Waals surface area contributed by atoms with Crippen molar-refractivity contribution >= 4 is 37.8 Å². The highest BCUT2D eigenvalue weighted by Crippen LogP contribution is 2.35. The minimum absolute atomic E-state index is 0.223. The van der Waals surface area contributed by atoms with Crippen LogP contribution in [0.15, 0.2) is 21.1 Å². The average Bonchev–Trinajstić information content (AvgIpc) is 2.25. The molecule has 0 amide bonds. The van der Waals surface area contributed by atoms with E-state index in [9.17, 15) is 4.79 Å². The van der Waals surface area contributed by atoms with Crippen LogP contribution in [0, 0.1) is 5.41 Å². The van der Waals surface area contributed by atoms with Gasteiger partial charge in [-0.15, -0.1) is 0 Å². The summed E-state index contributed by atoms with van der Waals surface area (Å²) in [5, 5.41) is 8.95.